The Balaban J connectivity index is 1.68. The fourth-order valence-corrected chi connectivity index (χ4v) is 2.78. The van der Waals surface area contributed by atoms with E-state index in [0.717, 1.165) is 22.2 Å². The Kier molecular flexibility index (Phi) is 4.73. The number of thioether (sulfide) groups is 1. The van der Waals surface area contributed by atoms with Gasteiger partial charge in [-0.3, -0.25) is 0 Å². The van der Waals surface area contributed by atoms with Crippen LogP contribution in [-0.2, 0) is 5.75 Å². The Labute approximate surface area is 137 Å². The Hall–Kier alpha value is -2.60. The predicted octanol–water partition coefficient (Wildman–Crippen LogP) is 3.89. The molecule has 0 saturated heterocycles. The molecule has 1 heterocycles. The first-order valence-electron chi connectivity index (χ1n) is 7.02. The summed E-state index contributed by atoms with van der Waals surface area (Å²) in [6, 6.07) is 14.7. The molecule has 0 spiro atoms. The molecule has 3 aromatic rings. The molecule has 2 aromatic carbocycles. The van der Waals surface area contributed by atoms with Crippen LogP contribution in [0.3, 0.4) is 0 Å². The number of aromatic nitrogens is 1. The van der Waals surface area contributed by atoms with Crippen molar-refractivity contribution < 1.29 is 4.39 Å². The number of rotatable bonds is 4. The van der Waals surface area contributed by atoms with Crippen molar-refractivity contribution in [2.24, 2.45) is 15.9 Å². The van der Waals surface area contributed by atoms with E-state index in [1.807, 2.05) is 36.4 Å². The number of nitrogens with zero attached hydrogens (tertiary/aromatic N) is 2. The minimum atomic E-state index is -0.311. The summed E-state index contributed by atoms with van der Waals surface area (Å²) in [5.41, 5.74) is 8.44. The smallest absolute Gasteiger partial charge is 0.180 e. The fraction of sp³-hybridized carbons (Fsp3) is 0.0588. The lowest BCUT2D eigenvalue weighted by Crippen LogP contribution is -2.06. The molecule has 0 saturated carbocycles. The van der Waals surface area contributed by atoms with Crippen LogP contribution >= 0.6 is 11.8 Å². The third kappa shape index (κ3) is 3.98. The van der Waals surface area contributed by atoms with Crippen molar-refractivity contribution in [1.82, 2.24) is 4.98 Å². The lowest BCUT2D eigenvalue weighted by molar-refractivity contribution is 0.629. The quantitative estimate of drug-likeness (QED) is 0.434. The molecule has 0 aliphatic rings. The van der Waals surface area contributed by atoms with Gasteiger partial charge in [-0.2, -0.15) is 5.10 Å². The van der Waals surface area contributed by atoms with Gasteiger partial charge in [-0.25, -0.2) is 4.39 Å². The van der Waals surface area contributed by atoms with Crippen molar-refractivity contribution in [3.63, 3.8) is 0 Å². The maximum absolute atomic E-state index is 13.5. The number of hydrogen-bond acceptors (Lipinski definition) is 3. The number of nitrogens with two attached hydrogens (primary N) is 1. The number of fused-ring (bicyclic) bond motifs is 1. The standard InChI is InChI=1S/C17H15FN4S/c18-15-8-13-6-7-20-16(13)14(9-15)10-21-22-17(19)23-11-12-4-2-1-3-5-12/h1-10,20H,11H2,(H2,19,22). The summed E-state index contributed by atoms with van der Waals surface area (Å²) in [4.78, 5) is 3.06. The summed E-state index contributed by atoms with van der Waals surface area (Å²) in [5, 5.41) is 9.06. The second-order valence-electron chi connectivity index (χ2n) is 4.89. The van der Waals surface area contributed by atoms with Crippen LogP contribution in [0.4, 0.5) is 4.39 Å². The summed E-state index contributed by atoms with van der Waals surface area (Å²) in [6.45, 7) is 0. The summed E-state index contributed by atoms with van der Waals surface area (Å²) >= 11 is 1.41. The molecule has 0 atom stereocenters. The molecule has 0 amide bonds. The zero-order valence-electron chi connectivity index (χ0n) is 12.2. The average molecular weight is 326 g/mol. The highest BCUT2D eigenvalue weighted by Crippen LogP contribution is 2.18. The highest BCUT2D eigenvalue weighted by atomic mass is 32.2. The van der Waals surface area contributed by atoms with Crippen LogP contribution in [0.5, 0.6) is 0 Å². The van der Waals surface area contributed by atoms with Gasteiger partial charge in [0, 0.05) is 22.9 Å². The Morgan fingerprint density at radius 3 is 2.87 bits per heavy atom. The van der Waals surface area contributed by atoms with E-state index < -0.39 is 0 Å². The summed E-state index contributed by atoms with van der Waals surface area (Å²) in [6.07, 6.45) is 3.26. The second kappa shape index (κ2) is 7.11. The molecule has 116 valence electrons. The number of amidine groups is 1. The van der Waals surface area contributed by atoms with Crippen LogP contribution in [0, 0.1) is 5.82 Å². The van der Waals surface area contributed by atoms with Crippen LogP contribution in [0.2, 0.25) is 0 Å². The zero-order chi connectivity index (χ0) is 16.1. The van der Waals surface area contributed by atoms with E-state index in [-0.39, 0.29) is 5.82 Å². The average Bonchev–Trinajstić information content (AvgIpc) is 3.02. The monoisotopic (exact) mass is 326 g/mol. The number of nitrogens with one attached hydrogen (secondary N) is 1. The predicted molar refractivity (Wildman–Crippen MR) is 95.2 cm³/mol. The van der Waals surface area contributed by atoms with Gasteiger partial charge in [0.25, 0.3) is 0 Å². The first-order valence-corrected chi connectivity index (χ1v) is 8.01. The summed E-state index contributed by atoms with van der Waals surface area (Å²) in [7, 11) is 0. The van der Waals surface area contributed by atoms with E-state index in [1.54, 1.807) is 6.20 Å². The summed E-state index contributed by atoms with van der Waals surface area (Å²) in [5.74, 6) is 0.418. The fourth-order valence-electron chi connectivity index (χ4n) is 2.17. The number of hydrogen-bond donors (Lipinski definition) is 2. The number of benzene rings is 2. The van der Waals surface area contributed by atoms with Crippen LogP contribution in [0.25, 0.3) is 10.9 Å². The SMILES string of the molecule is NC(=NN=Cc1cc(F)cc2cc[nH]c12)SCc1ccccc1. The summed E-state index contributed by atoms with van der Waals surface area (Å²) < 4.78 is 13.5. The Morgan fingerprint density at radius 2 is 2.04 bits per heavy atom. The van der Waals surface area contributed by atoms with Gasteiger partial charge in [-0.15, -0.1) is 5.10 Å². The molecule has 0 radical (unpaired) electrons. The van der Waals surface area contributed by atoms with Crippen molar-refractivity contribution in [3.05, 3.63) is 71.7 Å². The molecule has 6 heteroatoms. The molecular weight excluding hydrogens is 311 g/mol. The van der Waals surface area contributed by atoms with Crippen molar-refractivity contribution in [3.8, 4) is 0 Å². The molecule has 3 N–H and O–H groups in total. The molecule has 4 nitrogen and oxygen atoms in total. The molecular formula is C17H15FN4S. The van der Waals surface area contributed by atoms with Crippen molar-refractivity contribution in [2.75, 3.05) is 0 Å². The second-order valence-corrected chi connectivity index (χ2v) is 5.89. The molecule has 3 rings (SSSR count). The third-order valence-corrected chi connectivity index (χ3v) is 4.09. The maximum Gasteiger partial charge on any atom is 0.180 e. The molecule has 0 fully saturated rings. The van der Waals surface area contributed by atoms with Crippen molar-refractivity contribution in [1.29, 1.82) is 0 Å². The Morgan fingerprint density at radius 1 is 1.22 bits per heavy atom. The largest absolute Gasteiger partial charge is 0.377 e. The topological polar surface area (TPSA) is 66.5 Å². The molecule has 0 unspecified atom stereocenters. The van der Waals surface area contributed by atoms with Crippen LogP contribution in [-0.4, -0.2) is 16.4 Å². The first-order chi connectivity index (χ1) is 11.2. The number of aromatic amines is 1. The third-order valence-electron chi connectivity index (χ3n) is 3.24. The highest BCUT2D eigenvalue weighted by molar-refractivity contribution is 8.13. The van der Waals surface area contributed by atoms with E-state index in [9.17, 15) is 4.39 Å². The van der Waals surface area contributed by atoms with Gasteiger partial charge in [-0.05, 0) is 23.8 Å². The van der Waals surface area contributed by atoms with Crippen molar-refractivity contribution >= 4 is 34.0 Å². The van der Waals surface area contributed by atoms with Gasteiger partial charge in [0.05, 0.1) is 11.7 Å². The highest BCUT2D eigenvalue weighted by Gasteiger charge is 2.03. The van der Waals surface area contributed by atoms with Crippen LogP contribution < -0.4 is 5.73 Å². The lowest BCUT2D eigenvalue weighted by Gasteiger charge is -1.99. The molecule has 0 bridgehead atoms. The molecule has 0 aliphatic carbocycles. The van der Waals surface area contributed by atoms with Gasteiger partial charge in [0.15, 0.2) is 5.17 Å². The number of halogens is 1. The van der Waals surface area contributed by atoms with E-state index in [1.165, 1.54) is 30.1 Å². The van der Waals surface area contributed by atoms with Gasteiger partial charge < -0.3 is 10.7 Å². The normalized spacial score (nSPS) is 12.3. The van der Waals surface area contributed by atoms with E-state index in [0.29, 0.717) is 10.7 Å². The van der Waals surface area contributed by atoms with Gasteiger partial charge >= 0.3 is 0 Å². The van der Waals surface area contributed by atoms with E-state index >= 15 is 0 Å². The number of H-pyrrole nitrogens is 1. The lowest BCUT2D eigenvalue weighted by atomic mass is 10.1. The molecule has 1 aromatic heterocycles. The van der Waals surface area contributed by atoms with Crippen LogP contribution in [0.1, 0.15) is 11.1 Å². The minimum absolute atomic E-state index is 0.311. The van der Waals surface area contributed by atoms with Gasteiger partial charge in [0.1, 0.15) is 5.82 Å². The van der Waals surface area contributed by atoms with Crippen molar-refractivity contribution in [2.45, 2.75) is 5.75 Å². The maximum atomic E-state index is 13.5. The zero-order valence-corrected chi connectivity index (χ0v) is 13.1. The first kappa shape index (κ1) is 15.3. The van der Waals surface area contributed by atoms with Gasteiger partial charge in [-0.1, -0.05) is 42.1 Å². The van der Waals surface area contributed by atoms with Crippen LogP contribution in [0.15, 0.2) is 64.9 Å². The molecule has 23 heavy (non-hydrogen) atoms. The van der Waals surface area contributed by atoms with E-state index in [4.69, 9.17) is 5.73 Å². The molecule has 0 aliphatic heterocycles. The van der Waals surface area contributed by atoms with Gasteiger partial charge in [0.2, 0.25) is 0 Å². The minimum Gasteiger partial charge on any atom is -0.377 e. The van der Waals surface area contributed by atoms with E-state index in [2.05, 4.69) is 15.2 Å². The Bertz CT molecular complexity index is 855.